The highest BCUT2D eigenvalue weighted by atomic mass is 32.2. The van der Waals surface area contributed by atoms with Gasteiger partial charge in [-0.05, 0) is 6.07 Å². The molecule has 1 fully saturated rings. The van der Waals surface area contributed by atoms with Crippen LogP contribution in [0.4, 0.5) is 0 Å². The lowest BCUT2D eigenvalue weighted by atomic mass is 10.1. The molecule has 4 unspecified atom stereocenters. The second kappa shape index (κ2) is 5.67. The molecule has 4 atom stereocenters. The second-order valence-corrected chi connectivity index (χ2v) is 7.80. The maximum absolute atomic E-state index is 6.31. The number of thioether (sulfide) groups is 2. The molecule has 0 aliphatic carbocycles. The number of rotatable bonds is 3. The predicted molar refractivity (Wildman–Crippen MR) is 77.6 cm³/mol. The molecule has 96 valence electrons. The van der Waals surface area contributed by atoms with Crippen molar-refractivity contribution in [2.24, 2.45) is 12.8 Å². The van der Waals surface area contributed by atoms with Crippen molar-refractivity contribution in [1.82, 2.24) is 9.78 Å². The number of aromatic nitrogens is 2. The van der Waals surface area contributed by atoms with E-state index in [1.165, 1.54) is 5.75 Å². The topological polar surface area (TPSA) is 43.8 Å². The Balaban J connectivity index is 1.90. The van der Waals surface area contributed by atoms with Crippen LogP contribution in [-0.4, -0.2) is 37.3 Å². The summed E-state index contributed by atoms with van der Waals surface area (Å²) in [6, 6.07) is 2.28. The van der Waals surface area contributed by atoms with Crippen LogP contribution < -0.4 is 5.73 Å². The van der Waals surface area contributed by atoms with Crippen LogP contribution in [0.5, 0.6) is 0 Å². The monoisotopic (exact) mass is 271 g/mol. The third-order valence-corrected chi connectivity index (χ3v) is 6.84. The van der Waals surface area contributed by atoms with Crippen molar-refractivity contribution in [3.05, 3.63) is 18.0 Å². The maximum Gasteiger partial charge on any atom is 0.0640 e. The van der Waals surface area contributed by atoms with Gasteiger partial charge in [-0.15, -0.1) is 0 Å². The lowest BCUT2D eigenvalue weighted by Crippen LogP contribution is -2.41. The SMILES string of the molecule is CC1SCC(C(N)Cc2ccn(C)n2)SC1C. The fraction of sp³-hybridized carbons (Fsp3) is 0.750. The van der Waals surface area contributed by atoms with Crippen LogP contribution in [-0.2, 0) is 13.5 Å². The van der Waals surface area contributed by atoms with Gasteiger partial charge in [-0.2, -0.15) is 28.6 Å². The van der Waals surface area contributed by atoms with Crippen LogP contribution in [0.15, 0.2) is 12.3 Å². The van der Waals surface area contributed by atoms with E-state index in [0.717, 1.165) is 17.4 Å². The van der Waals surface area contributed by atoms with E-state index in [-0.39, 0.29) is 6.04 Å². The summed E-state index contributed by atoms with van der Waals surface area (Å²) in [5.74, 6) is 1.17. The van der Waals surface area contributed by atoms with Crippen molar-refractivity contribution in [1.29, 1.82) is 0 Å². The Hall–Kier alpha value is -0.130. The Morgan fingerprint density at radius 3 is 2.88 bits per heavy atom. The Bertz CT molecular complexity index is 366. The molecule has 0 bridgehead atoms. The zero-order chi connectivity index (χ0) is 12.4. The first-order chi connectivity index (χ1) is 8.06. The molecule has 1 aliphatic heterocycles. The molecule has 0 amide bonds. The average molecular weight is 271 g/mol. The number of aryl methyl sites for hydroxylation is 1. The van der Waals surface area contributed by atoms with Crippen molar-refractivity contribution < 1.29 is 0 Å². The molecular formula is C12H21N3S2. The molecule has 2 N–H and O–H groups in total. The third-order valence-electron chi connectivity index (χ3n) is 3.27. The standard InChI is InChI=1S/C12H21N3S2/c1-8-9(2)17-12(7-16-8)11(13)6-10-4-5-15(3)14-10/h4-5,8-9,11-12H,6-7,13H2,1-3H3. The fourth-order valence-corrected chi connectivity index (χ4v) is 5.04. The van der Waals surface area contributed by atoms with E-state index >= 15 is 0 Å². The summed E-state index contributed by atoms with van der Waals surface area (Å²) in [6.07, 6.45) is 2.87. The van der Waals surface area contributed by atoms with Gasteiger partial charge < -0.3 is 5.73 Å². The van der Waals surface area contributed by atoms with E-state index in [1.807, 2.05) is 29.7 Å². The molecule has 1 aromatic heterocycles. The summed E-state index contributed by atoms with van der Waals surface area (Å²) < 4.78 is 1.84. The summed E-state index contributed by atoms with van der Waals surface area (Å²) in [7, 11) is 1.95. The van der Waals surface area contributed by atoms with Gasteiger partial charge in [0.2, 0.25) is 0 Å². The van der Waals surface area contributed by atoms with Crippen molar-refractivity contribution in [2.75, 3.05) is 5.75 Å². The molecular weight excluding hydrogens is 250 g/mol. The minimum atomic E-state index is 0.220. The highest BCUT2D eigenvalue weighted by Crippen LogP contribution is 2.37. The van der Waals surface area contributed by atoms with Gasteiger partial charge in [0.05, 0.1) is 5.69 Å². The van der Waals surface area contributed by atoms with E-state index in [2.05, 4.69) is 36.8 Å². The molecule has 0 aromatic carbocycles. The van der Waals surface area contributed by atoms with E-state index < -0.39 is 0 Å². The van der Waals surface area contributed by atoms with Gasteiger partial charge in [0.25, 0.3) is 0 Å². The molecule has 5 heteroatoms. The van der Waals surface area contributed by atoms with Gasteiger partial charge in [0.15, 0.2) is 0 Å². The highest BCUT2D eigenvalue weighted by Gasteiger charge is 2.29. The van der Waals surface area contributed by atoms with Gasteiger partial charge in [0, 0.05) is 47.2 Å². The van der Waals surface area contributed by atoms with E-state index in [4.69, 9.17) is 5.73 Å². The molecule has 1 aromatic rings. The van der Waals surface area contributed by atoms with Gasteiger partial charge >= 0.3 is 0 Å². The van der Waals surface area contributed by atoms with E-state index in [0.29, 0.717) is 10.5 Å². The van der Waals surface area contributed by atoms with Gasteiger partial charge in [0.1, 0.15) is 0 Å². The molecule has 2 heterocycles. The van der Waals surface area contributed by atoms with Crippen molar-refractivity contribution in [3.8, 4) is 0 Å². The minimum absolute atomic E-state index is 0.220. The van der Waals surface area contributed by atoms with Crippen LogP contribution in [0.25, 0.3) is 0 Å². The average Bonchev–Trinajstić information content (AvgIpc) is 2.68. The third kappa shape index (κ3) is 3.42. The first-order valence-electron chi connectivity index (χ1n) is 6.07. The van der Waals surface area contributed by atoms with Crippen LogP contribution in [0.2, 0.25) is 0 Å². The Labute approximate surface area is 112 Å². The van der Waals surface area contributed by atoms with Gasteiger partial charge in [-0.3, -0.25) is 4.68 Å². The zero-order valence-electron chi connectivity index (χ0n) is 10.7. The minimum Gasteiger partial charge on any atom is -0.326 e. The molecule has 1 saturated heterocycles. The molecule has 0 radical (unpaired) electrons. The Morgan fingerprint density at radius 1 is 1.53 bits per heavy atom. The zero-order valence-corrected chi connectivity index (χ0v) is 12.3. The first-order valence-corrected chi connectivity index (χ1v) is 8.06. The van der Waals surface area contributed by atoms with Gasteiger partial charge in [-0.25, -0.2) is 0 Å². The van der Waals surface area contributed by atoms with Crippen molar-refractivity contribution >= 4 is 23.5 Å². The quantitative estimate of drug-likeness (QED) is 0.912. The van der Waals surface area contributed by atoms with Crippen LogP contribution in [0, 0.1) is 0 Å². The van der Waals surface area contributed by atoms with E-state index in [1.54, 1.807) is 0 Å². The fourth-order valence-electron chi connectivity index (χ4n) is 1.98. The number of hydrogen-bond donors (Lipinski definition) is 1. The van der Waals surface area contributed by atoms with Gasteiger partial charge in [-0.1, -0.05) is 13.8 Å². The normalized spacial score (nSPS) is 31.4. The van der Waals surface area contributed by atoms with Crippen molar-refractivity contribution in [3.63, 3.8) is 0 Å². The summed E-state index contributed by atoms with van der Waals surface area (Å²) in [6.45, 7) is 4.62. The molecule has 0 saturated carbocycles. The smallest absolute Gasteiger partial charge is 0.0640 e. The predicted octanol–water partition coefficient (Wildman–Crippen LogP) is 1.92. The molecule has 0 spiro atoms. The summed E-state index contributed by atoms with van der Waals surface area (Å²) in [4.78, 5) is 0. The van der Waals surface area contributed by atoms with Crippen molar-refractivity contribution in [2.45, 2.75) is 42.1 Å². The summed E-state index contributed by atoms with van der Waals surface area (Å²) >= 11 is 4.10. The first kappa shape index (κ1) is 13.3. The number of nitrogens with two attached hydrogens (primary N) is 1. The largest absolute Gasteiger partial charge is 0.326 e. The molecule has 17 heavy (non-hydrogen) atoms. The Morgan fingerprint density at radius 2 is 2.29 bits per heavy atom. The maximum atomic E-state index is 6.31. The van der Waals surface area contributed by atoms with Crippen LogP contribution in [0.3, 0.4) is 0 Å². The van der Waals surface area contributed by atoms with E-state index in [9.17, 15) is 0 Å². The number of nitrogens with zero attached hydrogens (tertiary/aromatic N) is 2. The lowest BCUT2D eigenvalue weighted by Gasteiger charge is -2.34. The lowest BCUT2D eigenvalue weighted by molar-refractivity contribution is 0.633. The summed E-state index contributed by atoms with van der Waals surface area (Å²) in [5.41, 5.74) is 7.42. The molecule has 2 rings (SSSR count). The highest BCUT2D eigenvalue weighted by molar-refractivity contribution is 8.07. The summed E-state index contributed by atoms with van der Waals surface area (Å²) in [5, 5.41) is 6.41. The molecule has 3 nitrogen and oxygen atoms in total. The van der Waals surface area contributed by atoms with Crippen LogP contribution >= 0.6 is 23.5 Å². The van der Waals surface area contributed by atoms with Crippen LogP contribution in [0.1, 0.15) is 19.5 Å². The number of hydrogen-bond acceptors (Lipinski definition) is 4. The molecule has 1 aliphatic rings. The Kier molecular flexibility index (Phi) is 4.44. The second-order valence-electron chi connectivity index (χ2n) is 4.77.